The monoisotopic (exact) mass is 414 g/mol. The Hall–Kier alpha value is -1.21. The lowest BCUT2D eigenvalue weighted by Gasteiger charge is -2.28. The van der Waals surface area contributed by atoms with Gasteiger partial charge in [0.05, 0.1) is 38.6 Å². The van der Waals surface area contributed by atoms with E-state index in [9.17, 15) is 0 Å². The van der Waals surface area contributed by atoms with Crippen molar-refractivity contribution in [3.05, 3.63) is 12.1 Å². The molecule has 2 saturated heterocycles. The molecule has 1 aromatic carbocycles. The molecule has 0 radical (unpaired) electrons. The molecule has 6 nitrogen and oxygen atoms in total. The quantitative estimate of drug-likeness (QED) is 0.668. The van der Waals surface area contributed by atoms with E-state index >= 15 is 0 Å². The van der Waals surface area contributed by atoms with Crippen LogP contribution in [0.4, 0.5) is 0 Å². The zero-order valence-electron chi connectivity index (χ0n) is 17.8. The Balaban J connectivity index is 1.48. The van der Waals surface area contributed by atoms with Crippen LogP contribution in [0.5, 0.6) is 11.5 Å². The third-order valence-corrected chi connectivity index (χ3v) is 6.59. The van der Waals surface area contributed by atoms with Gasteiger partial charge in [0.25, 0.3) is 0 Å². The predicted octanol–water partition coefficient (Wildman–Crippen LogP) is 2.59. The van der Waals surface area contributed by atoms with Crippen LogP contribution in [0.1, 0.15) is 64.2 Å². The molecule has 4 fully saturated rings. The molecule has 0 amide bonds. The van der Waals surface area contributed by atoms with Gasteiger partial charge in [-0.2, -0.15) is 0 Å². The average Bonchev–Trinajstić information content (AvgIpc) is 3.51. The van der Waals surface area contributed by atoms with Crippen LogP contribution >= 0.6 is 0 Å². The van der Waals surface area contributed by atoms with Gasteiger partial charge in [-0.05, 0) is 63.5 Å². The van der Waals surface area contributed by atoms with Crippen LogP contribution in [-0.2, 0) is 18.6 Å². The first-order chi connectivity index (χ1) is 14.9. The van der Waals surface area contributed by atoms with Crippen molar-refractivity contribution in [3.8, 4) is 11.5 Å². The van der Waals surface area contributed by atoms with E-state index in [1.807, 2.05) is 0 Å². The maximum atomic E-state index is 6.52. The molecule has 0 spiro atoms. The lowest BCUT2D eigenvalue weighted by molar-refractivity contribution is 0.151. The smallest absolute Gasteiger partial charge is 0.491 e. The standard InChI is InChI=1S/C22H32B2O6/c1-3-7-17(8-4-1)29-21-15-20(24-27-13-14-28-24)22(30-18-9-5-2-6-10-18)16-19(21)23-25-11-12-26-23/h15-18H,1-14H2. The summed E-state index contributed by atoms with van der Waals surface area (Å²) in [6.45, 7) is 2.40. The van der Waals surface area contributed by atoms with Crippen molar-refractivity contribution in [1.82, 2.24) is 0 Å². The van der Waals surface area contributed by atoms with Crippen molar-refractivity contribution in [2.24, 2.45) is 0 Å². The maximum absolute atomic E-state index is 6.52. The van der Waals surface area contributed by atoms with Gasteiger partial charge in [0, 0.05) is 10.9 Å². The van der Waals surface area contributed by atoms with E-state index in [4.69, 9.17) is 28.1 Å². The van der Waals surface area contributed by atoms with Gasteiger partial charge in [-0.25, -0.2) is 0 Å². The minimum atomic E-state index is -0.406. The summed E-state index contributed by atoms with van der Waals surface area (Å²) in [5, 5.41) is 0. The molecule has 2 aliphatic carbocycles. The molecule has 2 saturated carbocycles. The van der Waals surface area contributed by atoms with Gasteiger partial charge in [-0.15, -0.1) is 0 Å². The normalized spacial score (nSPS) is 23.9. The Morgan fingerprint density at radius 2 is 0.933 bits per heavy atom. The highest BCUT2D eigenvalue weighted by Crippen LogP contribution is 2.28. The summed E-state index contributed by atoms with van der Waals surface area (Å²) in [6, 6.07) is 4.12. The Kier molecular flexibility index (Phi) is 6.85. The van der Waals surface area contributed by atoms with E-state index in [1.54, 1.807) is 0 Å². The Labute approximate surface area is 180 Å². The Bertz CT molecular complexity index is 633. The average molecular weight is 414 g/mol. The number of rotatable bonds is 6. The molecule has 1 aromatic rings. The number of benzene rings is 1. The third kappa shape index (κ3) is 4.82. The molecule has 0 unspecified atom stereocenters. The summed E-state index contributed by atoms with van der Waals surface area (Å²) in [5.41, 5.74) is 1.84. The summed E-state index contributed by atoms with van der Waals surface area (Å²) in [7, 11) is -0.812. The molecule has 162 valence electrons. The zero-order valence-corrected chi connectivity index (χ0v) is 17.8. The number of ether oxygens (including phenoxy) is 2. The minimum absolute atomic E-state index is 0.238. The van der Waals surface area contributed by atoms with Crippen LogP contribution in [0.25, 0.3) is 0 Å². The summed E-state index contributed by atoms with van der Waals surface area (Å²) >= 11 is 0. The molecule has 4 aliphatic rings. The SMILES string of the molecule is c1c(OC2CCCCC2)c(B2OCCO2)cc(OC2CCCCC2)c1B1OCCO1. The minimum Gasteiger partial charge on any atom is -0.491 e. The topological polar surface area (TPSA) is 55.4 Å². The van der Waals surface area contributed by atoms with Crippen molar-refractivity contribution in [1.29, 1.82) is 0 Å². The molecule has 8 heteroatoms. The summed E-state index contributed by atoms with van der Waals surface area (Å²) in [5.74, 6) is 1.64. The van der Waals surface area contributed by atoms with Gasteiger partial charge >= 0.3 is 14.2 Å². The second-order valence-electron chi connectivity index (χ2n) is 8.83. The fourth-order valence-electron chi connectivity index (χ4n) is 4.96. The highest BCUT2D eigenvalue weighted by atomic mass is 16.6. The lowest BCUT2D eigenvalue weighted by Crippen LogP contribution is -2.40. The highest BCUT2D eigenvalue weighted by molar-refractivity contribution is 6.65. The molecule has 2 aliphatic heterocycles. The van der Waals surface area contributed by atoms with Crippen molar-refractivity contribution >= 4 is 25.2 Å². The first-order valence-corrected chi connectivity index (χ1v) is 11.8. The Morgan fingerprint density at radius 3 is 1.30 bits per heavy atom. The van der Waals surface area contributed by atoms with Gasteiger partial charge in [0.15, 0.2) is 0 Å². The molecule has 0 aromatic heterocycles. The number of hydrogen-bond donors (Lipinski definition) is 0. The van der Waals surface area contributed by atoms with E-state index in [0.29, 0.717) is 26.4 Å². The zero-order chi connectivity index (χ0) is 20.2. The maximum Gasteiger partial charge on any atom is 0.497 e. The molecule has 0 atom stereocenters. The molecule has 0 N–H and O–H groups in total. The fourth-order valence-corrected chi connectivity index (χ4v) is 4.96. The molecule has 0 bridgehead atoms. The third-order valence-electron chi connectivity index (χ3n) is 6.59. The number of hydrogen-bond acceptors (Lipinski definition) is 6. The molecule has 30 heavy (non-hydrogen) atoms. The van der Waals surface area contributed by atoms with Gasteiger partial charge in [-0.1, -0.05) is 12.8 Å². The van der Waals surface area contributed by atoms with Crippen LogP contribution in [0.15, 0.2) is 12.1 Å². The van der Waals surface area contributed by atoms with Gasteiger partial charge < -0.3 is 28.1 Å². The fraction of sp³-hybridized carbons (Fsp3) is 0.727. The van der Waals surface area contributed by atoms with E-state index < -0.39 is 14.2 Å². The molecule has 5 rings (SSSR count). The van der Waals surface area contributed by atoms with Crippen LogP contribution in [0.3, 0.4) is 0 Å². The van der Waals surface area contributed by atoms with Gasteiger partial charge in [-0.3, -0.25) is 0 Å². The van der Waals surface area contributed by atoms with Crippen LogP contribution < -0.4 is 20.4 Å². The highest BCUT2D eigenvalue weighted by Gasteiger charge is 2.37. The van der Waals surface area contributed by atoms with Crippen molar-refractivity contribution in [3.63, 3.8) is 0 Å². The van der Waals surface area contributed by atoms with Crippen LogP contribution in [0.2, 0.25) is 0 Å². The van der Waals surface area contributed by atoms with Crippen molar-refractivity contribution < 1.29 is 28.1 Å². The Morgan fingerprint density at radius 1 is 0.567 bits per heavy atom. The van der Waals surface area contributed by atoms with E-state index in [2.05, 4.69) is 12.1 Å². The molecular weight excluding hydrogens is 382 g/mol. The largest absolute Gasteiger partial charge is 0.497 e. The van der Waals surface area contributed by atoms with Crippen LogP contribution in [0, 0.1) is 0 Å². The molecule has 2 heterocycles. The van der Waals surface area contributed by atoms with Crippen LogP contribution in [-0.4, -0.2) is 52.9 Å². The second-order valence-corrected chi connectivity index (χ2v) is 8.83. The molecular formula is C22H32B2O6. The van der Waals surface area contributed by atoms with E-state index in [-0.39, 0.29) is 12.2 Å². The summed E-state index contributed by atoms with van der Waals surface area (Å²) < 4.78 is 36.5. The van der Waals surface area contributed by atoms with Crippen molar-refractivity contribution in [2.45, 2.75) is 76.4 Å². The van der Waals surface area contributed by atoms with E-state index in [1.165, 1.54) is 38.5 Å². The second kappa shape index (κ2) is 9.94. The lowest BCUT2D eigenvalue weighted by atomic mass is 9.72. The van der Waals surface area contributed by atoms with Crippen molar-refractivity contribution in [2.75, 3.05) is 26.4 Å². The van der Waals surface area contributed by atoms with Gasteiger partial charge in [0.1, 0.15) is 11.5 Å². The first kappa shape index (κ1) is 20.7. The van der Waals surface area contributed by atoms with E-state index in [0.717, 1.165) is 48.1 Å². The first-order valence-electron chi connectivity index (χ1n) is 11.8. The summed E-state index contributed by atoms with van der Waals surface area (Å²) in [4.78, 5) is 0. The van der Waals surface area contributed by atoms with Gasteiger partial charge in [0.2, 0.25) is 0 Å². The summed E-state index contributed by atoms with van der Waals surface area (Å²) in [6.07, 6.45) is 12.3. The predicted molar refractivity (Wildman–Crippen MR) is 116 cm³/mol.